The van der Waals surface area contributed by atoms with E-state index in [-0.39, 0.29) is 17.1 Å². The van der Waals surface area contributed by atoms with Crippen LogP contribution in [0.1, 0.15) is 45.6 Å². The molecule has 1 aromatic carbocycles. The normalized spacial score (nSPS) is 18.1. The number of hydrogen-bond acceptors (Lipinski definition) is 2. The number of rotatable bonds is 5. The van der Waals surface area contributed by atoms with E-state index in [1.165, 1.54) is 12.1 Å². The highest BCUT2D eigenvalue weighted by molar-refractivity contribution is 5.91. The summed E-state index contributed by atoms with van der Waals surface area (Å²) in [6.45, 7) is 6.38. The number of nitrogens with one attached hydrogen (secondary N) is 1. The van der Waals surface area contributed by atoms with Gasteiger partial charge in [-0.3, -0.25) is 4.79 Å². The molecule has 1 amide bonds. The first-order valence-corrected chi connectivity index (χ1v) is 7.48. The number of hydrogen-bond donors (Lipinski definition) is 2. The fourth-order valence-corrected chi connectivity index (χ4v) is 2.47. The number of aliphatic hydroxyl groups is 1. The minimum absolute atomic E-state index is 0.0183. The standard InChI is InChI=1S/C17H24FNO2/c1-16(2,3)14(20)8-11-19-15(21)17(9-10-17)12-4-6-13(18)7-5-12/h4-7,14,20H,8-11H2,1-3H3,(H,19,21). The highest BCUT2D eigenvalue weighted by Gasteiger charge is 2.51. The summed E-state index contributed by atoms with van der Waals surface area (Å²) >= 11 is 0. The summed E-state index contributed by atoms with van der Waals surface area (Å²) in [4.78, 5) is 12.4. The van der Waals surface area contributed by atoms with Crippen LogP contribution in [0.5, 0.6) is 0 Å². The lowest BCUT2D eigenvalue weighted by Gasteiger charge is -2.26. The summed E-state index contributed by atoms with van der Waals surface area (Å²) in [7, 11) is 0. The first kappa shape index (κ1) is 16.0. The van der Waals surface area contributed by atoms with Gasteiger partial charge in [0.05, 0.1) is 11.5 Å². The topological polar surface area (TPSA) is 49.3 Å². The fraction of sp³-hybridized carbons (Fsp3) is 0.588. The molecule has 116 valence electrons. The van der Waals surface area contributed by atoms with Crippen LogP contribution >= 0.6 is 0 Å². The van der Waals surface area contributed by atoms with Crippen LogP contribution < -0.4 is 5.32 Å². The Morgan fingerprint density at radius 3 is 2.38 bits per heavy atom. The van der Waals surface area contributed by atoms with Crippen LogP contribution in [0.4, 0.5) is 4.39 Å². The summed E-state index contributed by atoms with van der Waals surface area (Å²) in [5.41, 5.74) is 0.206. The van der Waals surface area contributed by atoms with Crippen molar-refractivity contribution in [3.63, 3.8) is 0 Å². The smallest absolute Gasteiger partial charge is 0.230 e. The number of carbonyl (C=O) groups excluding carboxylic acids is 1. The van der Waals surface area contributed by atoms with Crippen LogP contribution in [0.2, 0.25) is 0 Å². The van der Waals surface area contributed by atoms with Crippen LogP contribution in [0.3, 0.4) is 0 Å². The van der Waals surface area contributed by atoms with Crippen molar-refractivity contribution in [2.75, 3.05) is 6.54 Å². The van der Waals surface area contributed by atoms with Gasteiger partial charge < -0.3 is 10.4 Å². The molecule has 0 saturated heterocycles. The Hall–Kier alpha value is -1.42. The van der Waals surface area contributed by atoms with Gasteiger partial charge in [0.25, 0.3) is 0 Å². The van der Waals surface area contributed by atoms with Gasteiger partial charge in [0, 0.05) is 6.54 Å². The SMILES string of the molecule is CC(C)(C)C(O)CCNC(=O)C1(c2ccc(F)cc2)CC1. The molecule has 1 aromatic rings. The number of carbonyl (C=O) groups is 1. The molecule has 0 radical (unpaired) electrons. The molecule has 2 rings (SSSR count). The molecule has 1 aliphatic rings. The fourth-order valence-electron chi connectivity index (χ4n) is 2.47. The third kappa shape index (κ3) is 3.62. The Kier molecular flexibility index (Phi) is 4.38. The average molecular weight is 293 g/mol. The zero-order valence-corrected chi connectivity index (χ0v) is 12.9. The monoisotopic (exact) mass is 293 g/mol. The third-order valence-corrected chi connectivity index (χ3v) is 4.28. The Balaban J connectivity index is 1.90. The molecule has 1 unspecified atom stereocenters. The van der Waals surface area contributed by atoms with Gasteiger partial charge in [-0.25, -0.2) is 4.39 Å². The molecule has 21 heavy (non-hydrogen) atoms. The molecule has 1 atom stereocenters. The summed E-state index contributed by atoms with van der Waals surface area (Å²) in [6, 6.07) is 6.16. The van der Waals surface area contributed by atoms with Crippen molar-refractivity contribution in [1.29, 1.82) is 0 Å². The zero-order valence-electron chi connectivity index (χ0n) is 12.9. The summed E-state index contributed by atoms with van der Waals surface area (Å²) < 4.78 is 13.0. The van der Waals surface area contributed by atoms with Gasteiger partial charge in [0.15, 0.2) is 0 Å². The van der Waals surface area contributed by atoms with Crippen molar-refractivity contribution in [1.82, 2.24) is 5.32 Å². The Morgan fingerprint density at radius 1 is 1.33 bits per heavy atom. The van der Waals surface area contributed by atoms with E-state index in [9.17, 15) is 14.3 Å². The summed E-state index contributed by atoms with van der Waals surface area (Å²) in [6.07, 6.45) is 1.69. The maximum Gasteiger partial charge on any atom is 0.230 e. The van der Waals surface area contributed by atoms with Crippen molar-refractivity contribution < 1.29 is 14.3 Å². The van der Waals surface area contributed by atoms with Gasteiger partial charge in [-0.2, -0.15) is 0 Å². The van der Waals surface area contributed by atoms with Crippen molar-refractivity contribution >= 4 is 5.91 Å². The van der Waals surface area contributed by atoms with Crippen molar-refractivity contribution in [2.24, 2.45) is 5.41 Å². The first-order valence-electron chi connectivity index (χ1n) is 7.48. The average Bonchev–Trinajstić information content (AvgIpc) is 3.19. The zero-order chi connectivity index (χ0) is 15.7. The molecule has 0 aromatic heterocycles. The van der Waals surface area contributed by atoms with Crippen molar-refractivity contribution in [3.8, 4) is 0 Å². The molecule has 0 bridgehead atoms. The Morgan fingerprint density at radius 2 is 1.90 bits per heavy atom. The van der Waals surface area contributed by atoms with Gasteiger partial charge in [0.2, 0.25) is 5.91 Å². The minimum Gasteiger partial charge on any atom is -0.393 e. The predicted molar refractivity (Wildman–Crippen MR) is 80.4 cm³/mol. The molecular weight excluding hydrogens is 269 g/mol. The third-order valence-electron chi connectivity index (χ3n) is 4.28. The lowest BCUT2D eigenvalue weighted by atomic mass is 9.87. The number of aliphatic hydroxyl groups excluding tert-OH is 1. The van der Waals surface area contributed by atoms with Crippen LogP contribution in [0, 0.1) is 11.2 Å². The van der Waals surface area contributed by atoms with E-state index in [4.69, 9.17) is 0 Å². The van der Waals surface area contributed by atoms with E-state index in [0.717, 1.165) is 18.4 Å². The maximum absolute atomic E-state index is 13.0. The van der Waals surface area contributed by atoms with E-state index in [1.807, 2.05) is 20.8 Å². The summed E-state index contributed by atoms with van der Waals surface area (Å²) in [5.74, 6) is -0.307. The quantitative estimate of drug-likeness (QED) is 0.877. The number of amides is 1. The predicted octanol–water partition coefficient (Wildman–Crippen LogP) is 2.77. The van der Waals surface area contributed by atoms with E-state index < -0.39 is 11.5 Å². The molecular formula is C17H24FNO2. The lowest BCUT2D eigenvalue weighted by molar-refractivity contribution is -0.123. The highest BCUT2D eigenvalue weighted by Crippen LogP contribution is 2.48. The van der Waals surface area contributed by atoms with Crippen LogP contribution in [0.25, 0.3) is 0 Å². The van der Waals surface area contributed by atoms with E-state index in [0.29, 0.717) is 13.0 Å². The number of benzene rings is 1. The molecule has 0 heterocycles. The van der Waals surface area contributed by atoms with Crippen LogP contribution in [-0.2, 0) is 10.2 Å². The lowest BCUT2D eigenvalue weighted by Crippen LogP contribution is -2.38. The molecule has 1 saturated carbocycles. The summed E-state index contributed by atoms with van der Waals surface area (Å²) in [5, 5.41) is 12.9. The molecule has 0 aliphatic heterocycles. The second kappa shape index (κ2) is 5.76. The molecule has 1 fully saturated rings. The molecule has 0 spiro atoms. The highest BCUT2D eigenvalue weighted by atomic mass is 19.1. The minimum atomic E-state index is -0.486. The number of halogens is 1. The Labute approximate surface area is 125 Å². The van der Waals surface area contributed by atoms with Crippen molar-refractivity contribution in [2.45, 2.75) is 51.6 Å². The van der Waals surface area contributed by atoms with E-state index in [2.05, 4.69) is 5.32 Å². The van der Waals surface area contributed by atoms with Crippen molar-refractivity contribution in [3.05, 3.63) is 35.6 Å². The van der Waals surface area contributed by atoms with E-state index >= 15 is 0 Å². The molecule has 1 aliphatic carbocycles. The molecule has 2 N–H and O–H groups in total. The van der Waals surface area contributed by atoms with Gasteiger partial charge in [-0.05, 0) is 42.4 Å². The van der Waals surface area contributed by atoms with E-state index in [1.54, 1.807) is 12.1 Å². The molecule has 4 heteroatoms. The molecule has 3 nitrogen and oxygen atoms in total. The van der Waals surface area contributed by atoms with Crippen LogP contribution in [0.15, 0.2) is 24.3 Å². The van der Waals surface area contributed by atoms with Gasteiger partial charge >= 0.3 is 0 Å². The van der Waals surface area contributed by atoms with Gasteiger partial charge in [0.1, 0.15) is 5.82 Å². The largest absolute Gasteiger partial charge is 0.393 e. The second-order valence-corrected chi connectivity index (χ2v) is 7.02. The van der Waals surface area contributed by atoms with Crippen LogP contribution in [-0.4, -0.2) is 23.7 Å². The maximum atomic E-state index is 13.0. The van der Waals surface area contributed by atoms with Gasteiger partial charge in [-0.15, -0.1) is 0 Å². The Bertz CT molecular complexity index is 501. The van der Waals surface area contributed by atoms with Gasteiger partial charge in [-0.1, -0.05) is 32.9 Å². The first-order chi connectivity index (χ1) is 9.75. The second-order valence-electron chi connectivity index (χ2n) is 7.02.